The number of hydrogen-bond acceptors (Lipinski definition) is 4. The van der Waals surface area contributed by atoms with Crippen molar-refractivity contribution in [2.24, 2.45) is 5.41 Å². The van der Waals surface area contributed by atoms with E-state index in [9.17, 15) is 0 Å². The molecule has 0 rings (SSSR count). The predicted molar refractivity (Wildman–Crippen MR) is 94.1 cm³/mol. The molecule has 0 amide bonds. The van der Waals surface area contributed by atoms with Crippen LogP contribution in [0.15, 0.2) is 0 Å². The lowest BCUT2D eigenvalue weighted by Gasteiger charge is -2.21. The molecular formula is C12H14Cl6N2O2. The number of halogens is 6. The SMILES string of the molecule is CC(C)(C)C#CC(COC(=N)C(Cl)(Cl)Cl)OC(=N)C(Cl)(Cl)Cl. The first-order chi connectivity index (χ1) is 9.63. The Morgan fingerprint density at radius 3 is 1.77 bits per heavy atom. The summed E-state index contributed by atoms with van der Waals surface area (Å²) in [6.07, 6.45) is -0.977. The molecule has 22 heavy (non-hydrogen) atoms. The van der Waals surface area contributed by atoms with Gasteiger partial charge in [0.05, 0.1) is 0 Å². The van der Waals surface area contributed by atoms with Crippen molar-refractivity contribution in [1.82, 2.24) is 0 Å². The minimum Gasteiger partial charge on any atom is -0.473 e. The maximum atomic E-state index is 7.54. The Morgan fingerprint density at radius 1 is 0.955 bits per heavy atom. The topological polar surface area (TPSA) is 66.2 Å². The van der Waals surface area contributed by atoms with Crippen molar-refractivity contribution in [3.05, 3.63) is 0 Å². The highest BCUT2D eigenvalue weighted by Crippen LogP contribution is 2.29. The van der Waals surface area contributed by atoms with Crippen LogP contribution in [0.25, 0.3) is 0 Å². The Bertz CT molecular complexity index is 479. The molecule has 1 atom stereocenters. The van der Waals surface area contributed by atoms with Gasteiger partial charge in [0.1, 0.15) is 6.61 Å². The van der Waals surface area contributed by atoms with Crippen LogP contribution in [0.2, 0.25) is 0 Å². The van der Waals surface area contributed by atoms with Crippen LogP contribution >= 0.6 is 69.6 Å². The molecule has 0 saturated heterocycles. The summed E-state index contributed by atoms with van der Waals surface area (Å²) in [4.78, 5) is 0. The highest BCUT2D eigenvalue weighted by molar-refractivity contribution is 6.76. The Labute approximate surface area is 159 Å². The van der Waals surface area contributed by atoms with Crippen molar-refractivity contribution in [3.8, 4) is 11.8 Å². The summed E-state index contributed by atoms with van der Waals surface area (Å²) in [5.74, 6) is 4.38. The molecule has 126 valence electrons. The Hall–Kier alpha value is 0.240. The van der Waals surface area contributed by atoms with Gasteiger partial charge in [-0.05, 0) is 20.8 Å². The summed E-state index contributed by atoms with van der Waals surface area (Å²) in [6, 6.07) is 0. The molecule has 0 bridgehead atoms. The van der Waals surface area contributed by atoms with Gasteiger partial charge < -0.3 is 9.47 Å². The molecule has 0 aliphatic rings. The van der Waals surface area contributed by atoms with Crippen LogP contribution in [-0.4, -0.2) is 32.1 Å². The van der Waals surface area contributed by atoms with Crippen LogP contribution in [0.3, 0.4) is 0 Å². The van der Waals surface area contributed by atoms with Gasteiger partial charge in [0.15, 0.2) is 6.10 Å². The van der Waals surface area contributed by atoms with Crippen LogP contribution in [0, 0.1) is 28.1 Å². The summed E-state index contributed by atoms with van der Waals surface area (Å²) >= 11 is 33.1. The van der Waals surface area contributed by atoms with Gasteiger partial charge in [0, 0.05) is 5.41 Å². The summed E-state index contributed by atoms with van der Waals surface area (Å²) in [5.41, 5.74) is -0.327. The summed E-state index contributed by atoms with van der Waals surface area (Å²) in [5, 5.41) is 15.0. The van der Waals surface area contributed by atoms with Gasteiger partial charge in [-0.25, -0.2) is 0 Å². The van der Waals surface area contributed by atoms with Crippen molar-refractivity contribution in [1.29, 1.82) is 10.8 Å². The van der Waals surface area contributed by atoms with Crippen molar-refractivity contribution in [2.45, 2.75) is 34.5 Å². The number of hydrogen-bond donors (Lipinski definition) is 2. The Morgan fingerprint density at radius 2 is 1.41 bits per heavy atom. The van der Waals surface area contributed by atoms with Crippen LogP contribution in [0.1, 0.15) is 20.8 Å². The minimum absolute atomic E-state index is 0.279. The van der Waals surface area contributed by atoms with Crippen molar-refractivity contribution in [2.75, 3.05) is 6.61 Å². The van der Waals surface area contributed by atoms with E-state index in [2.05, 4.69) is 11.8 Å². The Kier molecular flexibility index (Phi) is 8.46. The standard InChI is InChI=1S/C12H14Cl6N2O2/c1-10(2,3)5-4-7(22-9(20)12(16,17)18)6-21-8(19)11(13,14)15/h7,19-20H,6H2,1-3H3. The fourth-order valence-corrected chi connectivity index (χ4v) is 1.15. The van der Waals surface area contributed by atoms with E-state index < -0.39 is 25.5 Å². The fourth-order valence-electron chi connectivity index (χ4n) is 0.852. The monoisotopic (exact) mass is 428 g/mol. The average molecular weight is 431 g/mol. The second-order valence-electron chi connectivity index (χ2n) is 5.09. The zero-order valence-electron chi connectivity index (χ0n) is 11.9. The molecule has 0 aromatic carbocycles. The summed E-state index contributed by atoms with van der Waals surface area (Å²) in [7, 11) is 0. The molecule has 0 aromatic rings. The van der Waals surface area contributed by atoms with Gasteiger partial charge in [-0.2, -0.15) is 0 Å². The molecule has 10 heteroatoms. The quantitative estimate of drug-likeness (QED) is 0.282. The molecular weight excluding hydrogens is 417 g/mol. The van der Waals surface area contributed by atoms with E-state index in [4.69, 9.17) is 89.9 Å². The van der Waals surface area contributed by atoms with Gasteiger partial charge in [0.2, 0.25) is 11.8 Å². The molecule has 0 aliphatic carbocycles. The van der Waals surface area contributed by atoms with Gasteiger partial charge >= 0.3 is 0 Å². The Balaban J connectivity index is 4.99. The zero-order chi connectivity index (χ0) is 17.8. The largest absolute Gasteiger partial charge is 0.473 e. The number of alkyl halides is 6. The van der Waals surface area contributed by atoms with Crippen molar-refractivity contribution in [3.63, 3.8) is 0 Å². The van der Waals surface area contributed by atoms with Gasteiger partial charge in [-0.1, -0.05) is 81.4 Å². The minimum atomic E-state index is -2.04. The number of ether oxygens (including phenoxy) is 2. The molecule has 4 nitrogen and oxygen atoms in total. The molecule has 2 N–H and O–H groups in total. The first-order valence-electron chi connectivity index (χ1n) is 5.76. The number of rotatable bonds is 3. The molecule has 0 heterocycles. The third-order valence-electron chi connectivity index (χ3n) is 1.76. The van der Waals surface area contributed by atoms with E-state index >= 15 is 0 Å². The maximum Gasteiger partial charge on any atom is 0.265 e. The average Bonchev–Trinajstić information content (AvgIpc) is 2.28. The smallest absolute Gasteiger partial charge is 0.265 e. The van der Waals surface area contributed by atoms with E-state index in [-0.39, 0.29) is 12.0 Å². The summed E-state index contributed by atoms with van der Waals surface area (Å²) in [6.45, 7) is 5.35. The molecule has 0 aliphatic heterocycles. The van der Waals surface area contributed by atoms with E-state index in [0.29, 0.717) is 0 Å². The second kappa shape index (κ2) is 8.37. The fraction of sp³-hybridized carbons (Fsp3) is 0.667. The lowest BCUT2D eigenvalue weighted by Crippen LogP contribution is -2.32. The normalized spacial score (nSPS) is 13.7. The van der Waals surface area contributed by atoms with Crippen LogP contribution in [-0.2, 0) is 9.47 Å². The van der Waals surface area contributed by atoms with Crippen LogP contribution in [0.4, 0.5) is 0 Å². The van der Waals surface area contributed by atoms with Gasteiger partial charge in [-0.15, -0.1) is 0 Å². The summed E-state index contributed by atoms with van der Waals surface area (Å²) < 4.78 is 6.07. The molecule has 0 spiro atoms. The molecule has 0 aromatic heterocycles. The zero-order valence-corrected chi connectivity index (χ0v) is 16.4. The third-order valence-corrected chi connectivity index (χ3v) is 2.79. The van der Waals surface area contributed by atoms with E-state index in [1.54, 1.807) is 0 Å². The maximum absolute atomic E-state index is 7.54. The van der Waals surface area contributed by atoms with E-state index in [1.807, 2.05) is 20.8 Å². The molecule has 1 unspecified atom stereocenters. The number of nitrogens with one attached hydrogen (secondary N) is 2. The molecule has 0 fully saturated rings. The van der Waals surface area contributed by atoms with E-state index in [0.717, 1.165) is 0 Å². The van der Waals surface area contributed by atoms with Crippen molar-refractivity contribution < 1.29 is 9.47 Å². The van der Waals surface area contributed by atoms with Gasteiger partial charge in [-0.3, -0.25) is 10.8 Å². The lowest BCUT2D eigenvalue weighted by molar-refractivity contribution is 0.148. The van der Waals surface area contributed by atoms with Crippen molar-refractivity contribution >= 4 is 81.4 Å². The molecule has 0 saturated carbocycles. The van der Waals surface area contributed by atoms with Gasteiger partial charge in [0.25, 0.3) is 7.59 Å². The predicted octanol–water partition coefficient (Wildman–Crippen LogP) is 5.13. The van der Waals surface area contributed by atoms with Crippen LogP contribution in [0.5, 0.6) is 0 Å². The molecule has 0 radical (unpaired) electrons. The van der Waals surface area contributed by atoms with E-state index in [1.165, 1.54) is 0 Å². The highest BCUT2D eigenvalue weighted by atomic mass is 35.6. The first-order valence-corrected chi connectivity index (χ1v) is 8.03. The highest BCUT2D eigenvalue weighted by Gasteiger charge is 2.32. The third kappa shape index (κ3) is 10.1. The second-order valence-corrected chi connectivity index (χ2v) is 9.65. The first kappa shape index (κ1) is 22.2. The lowest BCUT2D eigenvalue weighted by atomic mass is 9.98. The van der Waals surface area contributed by atoms with Crippen LogP contribution < -0.4 is 0 Å².